The van der Waals surface area contributed by atoms with E-state index in [1.165, 1.54) is 0 Å². The number of ether oxygens (including phenoxy) is 1. The van der Waals surface area contributed by atoms with E-state index in [1.807, 2.05) is 18.2 Å². The Balaban J connectivity index is 2.66. The number of hydrogen-bond acceptors (Lipinski definition) is 3. The average Bonchev–Trinajstić information content (AvgIpc) is 2.24. The minimum Gasteiger partial charge on any atom is -0.507 e. The van der Waals surface area contributed by atoms with Gasteiger partial charge in [0.2, 0.25) is 0 Å². The number of methoxy groups -OCH3 is 1. The standard InChI is InChI=1S/C12H19NO2/c1-15-9-11-7-4-6-10(12(11)14)5-2-3-8-13/h4,6-7,14H,2-3,5,8-9,13H2,1H3. The van der Waals surface area contributed by atoms with Crippen LogP contribution >= 0.6 is 0 Å². The van der Waals surface area contributed by atoms with Crippen LogP contribution in [0, 0.1) is 0 Å². The number of benzene rings is 1. The Morgan fingerprint density at radius 2 is 2.00 bits per heavy atom. The number of phenols is 1. The first kappa shape index (κ1) is 12.0. The smallest absolute Gasteiger partial charge is 0.124 e. The molecule has 0 radical (unpaired) electrons. The molecule has 15 heavy (non-hydrogen) atoms. The van der Waals surface area contributed by atoms with E-state index in [0.717, 1.165) is 30.4 Å². The van der Waals surface area contributed by atoms with Crippen molar-refractivity contribution in [3.05, 3.63) is 29.3 Å². The molecule has 0 spiro atoms. The molecule has 0 unspecified atom stereocenters. The lowest BCUT2D eigenvalue weighted by atomic mass is 10.0. The van der Waals surface area contributed by atoms with Crippen LogP contribution in [0.25, 0.3) is 0 Å². The second-order valence-corrected chi connectivity index (χ2v) is 3.60. The molecule has 0 aliphatic heterocycles. The number of nitrogens with two attached hydrogens (primary N) is 1. The summed E-state index contributed by atoms with van der Waals surface area (Å²) in [4.78, 5) is 0. The highest BCUT2D eigenvalue weighted by Gasteiger charge is 2.05. The predicted octanol–water partition coefficient (Wildman–Crippen LogP) is 1.82. The van der Waals surface area contributed by atoms with Crippen molar-refractivity contribution in [2.45, 2.75) is 25.9 Å². The average molecular weight is 209 g/mol. The highest BCUT2D eigenvalue weighted by molar-refractivity contribution is 5.40. The summed E-state index contributed by atoms with van der Waals surface area (Å²) < 4.78 is 5.01. The number of para-hydroxylation sites is 1. The minimum absolute atomic E-state index is 0.372. The van der Waals surface area contributed by atoms with Gasteiger partial charge in [0.05, 0.1) is 6.61 Å². The van der Waals surface area contributed by atoms with E-state index in [4.69, 9.17) is 10.5 Å². The summed E-state index contributed by atoms with van der Waals surface area (Å²) in [6.07, 6.45) is 2.88. The Labute approximate surface area is 90.9 Å². The van der Waals surface area contributed by atoms with E-state index in [0.29, 0.717) is 18.9 Å². The third kappa shape index (κ3) is 3.53. The van der Waals surface area contributed by atoms with Gasteiger partial charge in [-0.15, -0.1) is 0 Å². The summed E-state index contributed by atoms with van der Waals surface area (Å²) in [5.74, 6) is 0.372. The first-order valence-corrected chi connectivity index (χ1v) is 5.28. The van der Waals surface area contributed by atoms with E-state index in [1.54, 1.807) is 7.11 Å². The molecule has 0 aliphatic carbocycles. The van der Waals surface area contributed by atoms with E-state index in [-0.39, 0.29) is 0 Å². The van der Waals surface area contributed by atoms with Gasteiger partial charge in [0.1, 0.15) is 5.75 Å². The number of phenolic OH excluding ortho intramolecular Hbond substituents is 1. The fourth-order valence-electron chi connectivity index (χ4n) is 1.58. The maximum atomic E-state index is 9.91. The van der Waals surface area contributed by atoms with Gasteiger partial charge in [-0.05, 0) is 31.4 Å². The van der Waals surface area contributed by atoms with Gasteiger partial charge in [-0.2, -0.15) is 0 Å². The Bertz CT molecular complexity index is 300. The lowest BCUT2D eigenvalue weighted by Gasteiger charge is -2.08. The van der Waals surface area contributed by atoms with E-state index < -0.39 is 0 Å². The lowest BCUT2D eigenvalue weighted by Crippen LogP contribution is -1.99. The Kier molecular flexibility index (Phi) is 5.15. The Morgan fingerprint density at radius 1 is 1.27 bits per heavy atom. The summed E-state index contributed by atoms with van der Waals surface area (Å²) in [7, 11) is 1.63. The van der Waals surface area contributed by atoms with Crippen molar-refractivity contribution < 1.29 is 9.84 Å². The number of unbranched alkanes of at least 4 members (excludes halogenated alkanes) is 1. The van der Waals surface area contributed by atoms with Gasteiger partial charge in [0, 0.05) is 12.7 Å². The summed E-state index contributed by atoms with van der Waals surface area (Å²) in [6, 6.07) is 5.78. The normalized spacial score (nSPS) is 10.5. The van der Waals surface area contributed by atoms with Crippen molar-refractivity contribution in [1.29, 1.82) is 0 Å². The zero-order chi connectivity index (χ0) is 11.1. The minimum atomic E-state index is 0.372. The molecule has 3 N–H and O–H groups in total. The monoisotopic (exact) mass is 209 g/mol. The van der Waals surface area contributed by atoms with Crippen LogP contribution in [-0.4, -0.2) is 18.8 Å². The van der Waals surface area contributed by atoms with Crippen molar-refractivity contribution in [2.24, 2.45) is 5.73 Å². The molecule has 0 aromatic heterocycles. The molecule has 1 aromatic carbocycles. The molecule has 0 bridgehead atoms. The molecule has 0 amide bonds. The molecule has 1 rings (SSSR count). The molecule has 0 heterocycles. The summed E-state index contributed by atoms with van der Waals surface area (Å²) in [5.41, 5.74) is 7.26. The van der Waals surface area contributed by atoms with Gasteiger partial charge in [-0.25, -0.2) is 0 Å². The van der Waals surface area contributed by atoms with Crippen LogP contribution in [0.2, 0.25) is 0 Å². The highest BCUT2D eigenvalue weighted by atomic mass is 16.5. The summed E-state index contributed by atoms with van der Waals surface area (Å²) >= 11 is 0. The third-order valence-corrected chi connectivity index (χ3v) is 2.40. The SMILES string of the molecule is COCc1cccc(CCCCN)c1O. The van der Waals surface area contributed by atoms with Crippen molar-refractivity contribution in [1.82, 2.24) is 0 Å². The Morgan fingerprint density at radius 3 is 2.67 bits per heavy atom. The molecular weight excluding hydrogens is 190 g/mol. The molecule has 0 aliphatic rings. The summed E-state index contributed by atoms with van der Waals surface area (Å²) in [6.45, 7) is 1.16. The van der Waals surface area contributed by atoms with Gasteiger partial charge in [0.25, 0.3) is 0 Å². The van der Waals surface area contributed by atoms with Gasteiger partial charge < -0.3 is 15.6 Å². The van der Waals surface area contributed by atoms with Crippen molar-refractivity contribution in [2.75, 3.05) is 13.7 Å². The maximum absolute atomic E-state index is 9.91. The second kappa shape index (κ2) is 6.43. The molecule has 0 fully saturated rings. The molecule has 0 saturated carbocycles. The molecule has 3 heteroatoms. The molecule has 1 aromatic rings. The predicted molar refractivity (Wildman–Crippen MR) is 60.8 cm³/mol. The van der Waals surface area contributed by atoms with E-state index >= 15 is 0 Å². The second-order valence-electron chi connectivity index (χ2n) is 3.60. The molecule has 0 atom stereocenters. The fourth-order valence-corrected chi connectivity index (χ4v) is 1.58. The topological polar surface area (TPSA) is 55.5 Å². The van der Waals surface area contributed by atoms with E-state index in [2.05, 4.69) is 0 Å². The summed E-state index contributed by atoms with van der Waals surface area (Å²) in [5, 5.41) is 9.91. The molecule has 0 saturated heterocycles. The van der Waals surface area contributed by atoms with Crippen LogP contribution in [0.5, 0.6) is 5.75 Å². The van der Waals surface area contributed by atoms with Gasteiger partial charge in [0.15, 0.2) is 0 Å². The number of rotatable bonds is 6. The van der Waals surface area contributed by atoms with Crippen LogP contribution < -0.4 is 5.73 Å². The van der Waals surface area contributed by atoms with Crippen molar-refractivity contribution in [3.8, 4) is 5.75 Å². The van der Waals surface area contributed by atoms with Crippen LogP contribution in [0.15, 0.2) is 18.2 Å². The molecule has 3 nitrogen and oxygen atoms in total. The van der Waals surface area contributed by atoms with Crippen LogP contribution in [-0.2, 0) is 17.8 Å². The number of hydrogen-bond donors (Lipinski definition) is 2. The largest absolute Gasteiger partial charge is 0.507 e. The van der Waals surface area contributed by atoms with Crippen molar-refractivity contribution >= 4 is 0 Å². The quantitative estimate of drug-likeness (QED) is 0.703. The zero-order valence-electron chi connectivity index (χ0n) is 9.20. The zero-order valence-corrected chi connectivity index (χ0v) is 9.20. The van der Waals surface area contributed by atoms with Crippen LogP contribution in [0.3, 0.4) is 0 Å². The van der Waals surface area contributed by atoms with Gasteiger partial charge in [-0.3, -0.25) is 0 Å². The number of aryl methyl sites for hydroxylation is 1. The van der Waals surface area contributed by atoms with Crippen LogP contribution in [0.4, 0.5) is 0 Å². The molecular formula is C12H19NO2. The first-order chi connectivity index (χ1) is 7.29. The van der Waals surface area contributed by atoms with Gasteiger partial charge in [-0.1, -0.05) is 18.2 Å². The van der Waals surface area contributed by atoms with Crippen molar-refractivity contribution in [3.63, 3.8) is 0 Å². The van der Waals surface area contributed by atoms with Crippen LogP contribution in [0.1, 0.15) is 24.0 Å². The maximum Gasteiger partial charge on any atom is 0.124 e. The van der Waals surface area contributed by atoms with E-state index in [9.17, 15) is 5.11 Å². The highest BCUT2D eigenvalue weighted by Crippen LogP contribution is 2.24. The molecule has 84 valence electrons. The Hall–Kier alpha value is -1.06. The first-order valence-electron chi connectivity index (χ1n) is 5.28. The van der Waals surface area contributed by atoms with Gasteiger partial charge >= 0.3 is 0 Å². The lowest BCUT2D eigenvalue weighted by molar-refractivity contribution is 0.182. The third-order valence-electron chi connectivity index (χ3n) is 2.40. The number of aromatic hydroxyl groups is 1. The fraction of sp³-hybridized carbons (Fsp3) is 0.500.